The topological polar surface area (TPSA) is 52.2 Å². The minimum Gasteiger partial charge on any atom is -0.365 e. The Morgan fingerprint density at radius 3 is 2.61 bits per heavy atom. The van der Waals surface area contributed by atoms with E-state index in [2.05, 4.69) is 84.1 Å². The van der Waals surface area contributed by atoms with E-state index in [0.29, 0.717) is 16.7 Å². The van der Waals surface area contributed by atoms with E-state index in [1.807, 2.05) is 5.38 Å². The third-order valence-corrected chi connectivity index (χ3v) is 7.00. The second-order valence-electron chi connectivity index (χ2n) is 8.41. The van der Waals surface area contributed by atoms with Crippen molar-refractivity contribution in [3.05, 3.63) is 75.4 Å². The van der Waals surface area contributed by atoms with Gasteiger partial charge in [-0.05, 0) is 44.0 Å². The van der Waals surface area contributed by atoms with E-state index in [-0.39, 0.29) is 5.56 Å². The third kappa shape index (κ3) is 3.72. The fraction of sp³-hybridized carbons (Fsp3) is 0.280. The van der Waals surface area contributed by atoms with Crippen LogP contribution in [-0.2, 0) is 0 Å². The Hall–Kier alpha value is -3.12. The van der Waals surface area contributed by atoms with Crippen LogP contribution in [0, 0.1) is 13.8 Å². The molecule has 2 aromatic carbocycles. The largest absolute Gasteiger partial charge is 0.365 e. The van der Waals surface area contributed by atoms with E-state index in [0.717, 1.165) is 36.3 Å². The van der Waals surface area contributed by atoms with Crippen LogP contribution in [0.25, 0.3) is 21.3 Å². The van der Waals surface area contributed by atoms with Gasteiger partial charge < -0.3 is 9.80 Å². The van der Waals surface area contributed by atoms with Gasteiger partial charge in [0.05, 0.1) is 5.52 Å². The molecule has 0 aliphatic carbocycles. The number of aromatic nitrogens is 2. The van der Waals surface area contributed by atoms with Crippen LogP contribution in [0.3, 0.4) is 0 Å². The van der Waals surface area contributed by atoms with E-state index in [9.17, 15) is 4.79 Å². The molecule has 1 saturated heterocycles. The highest BCUT2D eigenvalue weighted by atomic mass is 32.1. The van der Waals surface area contributed by atoms with Crippen LogP contribution in [0.15, 0.2) is 58.7 Å². The Morgan fingerprint density at radius 1 is 1.06 bits per heavy atom. The first-order chi connectivity index (χ1) is 15.0. The second-order valence-corrected chi connectivity index (χ2v) is 9.29. The number of thiophene rings is 1. The van der Waals surface area contributed by atoms with Gasteiger partial charge in [-0.2, -0.15) is 0 Å². The smallest absolute Gasteiger partial charge is 0.270 e. The molecule has 5 nitrogen and oxygen atoms in total. The summed E-state index contributed by atoms with van der Waals surface area (Å²) in [4.78, 5) is 25.4. The SMILES string of the molecule is Cc1ccc(-c2csc3c(=O)[nH]c(N4CCN(c5cccc(C)c5)[C@H](C)C4)nc23)cc1. The number of benzene rings is 2. The van der Waals surface area contributed by atoms with Crippen LogP contribution >= 0.6 is 11.3 Å². The van der Waals surface area contributed by atoms with E-state index in [1.54, 1.807) is 0 Å². The molecule has 0 bridgehead atoms. The predicted octanol–water partition coefficient (Wildman–Crippen LogP) is 4.98. The number of aromatic amines is 1. The summed E-state index contributed by atoms with van der Waals surface area (Å²) in [7, 11) is 0. The molecular weight excluding hydrogens is 404 g/mol. The standard InChI is InChI=1S/C25H26N4OS/c1-16-7-9-19(10-8-16)21-15-31-23-22(21)26-25(27-24(23)30)28-11-12-29(18(3)14-28)20-6-4-5-17(2)13-20/h4-10,13,15,18H,11-12,14H2,1-3H3,(H,26,27,30)/t18-/m1/s1. The molecule has 3 heterocycles. The molecule has 158 valence electrons. The van der Waals surface area contributed by atoms with Crippen molar-refractivity contribution >= 4 is 33.2 Å². The normalized spacial score (nSPS) is 16.8. The molecular formula is C25H26N4OS. The van der Waals surface area contributed by atoms with Crippen molar-refractivity contribution in [1.82, 2.24) is 9.97 Å². The lowest BCUT2D eigenvalue weighted by Gasteiger charge is -2.41. The molecule has 0 radical (unpaired) electrons. The molecule has 1 aliphatic rings. The number of hydrogen-bond acceptors (Lipinski definition) is 5. The zero-order valence-corrected chi connectivity index (χ0v) is 18.9. The van der Waals surface area contributed by atoms with Gasteiger partial charge in [0.25, 0.3) is 5.56 Å². The molecule has 6 heteroatoms. The third-order valence-electron chi connectivity index (χ3n) is 6.04. The average Bonchev–Trinajstić information content (AvgIpc) is 3.19. The molecule has 0 saturated carbocycles. The number of hydrogen-bond donors (Lipinski definition) is 1. The minimum atomic E-state index is -0.0582. The maximum absolute atomic E-state index is 12.8. The Labute approximate surface area is 186 Å². The first-order valence-electron chi connectivity index (χ1n) is 10.7. The zero-order chi connectivity index (χ0) is 21.5. The Kier molecular flexibility index (Phi) is 5.02. The van der Waals surface area contributed by atoms with Crippen molar-refractivity contribution in [3.63, 3.8) is 0 Å². The van der Waals surface area contributed by atoms with Crippen molar-refractivity contribution < 1.29 is 0 Å². The zero-order valence-electron chi connectivity index (χ0n) is 18.1. The van der Waals surface area contributed by atoms with E-state index >= 15 is 0 Å². The lowest BCUT2D eigenvalue weighted by molar-refractivity contribution is 0.543. The van der Waals surface area contributed by atoms with E-state index in [4.69, 9.17) is 4.98 Å². The molecule has 0 unspecified atom stereocenters. The van der Waals surface area contributed by atoms with Gasteiger partial charge in [-0.15, -0.1) is 11.3 Å². The quantitative estimate of drug-likeness (QED) is 0.498. The van der Waals surface area contributed by atoms with Gasteiger partial charge >= 0.3 is 0 Å². The summed E-state index contributed by atoms with van der Waals surface area (Å²) < 4.78 is 0.686. The van der Waals surface area contributed by atoms with Crippen molar-refractivity contribution in [1.29, 1.82) is 0 Å². The monoisotopic (exact) mass is 430 g/mol. The van der Waals surface area contributed by atoms with Crippen LogP contribution in [0.1, 0.15) is 18.1 Å². The highest BCUT2D eigenvalue weighted by Gasteiger charge is 2.26. The van der Waals surface area contributed by atoms with Crippen LogP contribution in [0.5, 0.6) is 0 Å². The number of aryl methyl sites for hydroxylation is 2. The maximum atomic E-state index is 12.8. The summed E-state index contributed by atoms with van der Waals surface area (Å²) in [5, 5.41) is 2.04. The average molecular weight is 431 g/mol. The van der Waals surface area contributed by atoms with Crippen molar-refractivity contribution in [2.45, 2.75) is 26.8 Å². The maximum Gasteiger partial charge on any atom is 0.270 e. The number of fused-ring (bicyclic) bond motifs is 1. The molecule has 1 N–H and O–H groups in total. The van der Waals surface area contributed by atoms with E-state index in [1.165, 1.54) is 28.2 Å². The summed E-state index contributed by atoms with van der Waals surface area (Å²) >= 11 is 1.46. The molecule has 1 aliphatic heterocycles. The van der Waals surface area contributed by atoms with Gasteiger partial charge in [0, 0.05) is 42.3 Å². The number of rotatable bonds is 3. The molecule has 2 aromatic heterocycles. The predicted molar refractivity (Wildman–Crippen MR) is 131 cm³/mol. The number of nitrogens with one attached hydrogen (secondary N) is 1. The van der Waals surface area contributed by atoms with Crippen LogP contribution in [0.2, 0.25) is 0 Å². The Bertz CT molecular complexity index is 1290. The number of nitrogens with zero attached hydrogens (tertiary/aromatic N) is 3. The number of anilines is 2. The van der Waals surface area contributed by atoms with Crippen molar-refractivity contribution in [2.75, 3.05) is 29.4 Å². The van der Waals surface area contributed by atoms with Gasteiger partial charge in [0.2, 0.25) is 5.95 Å². The molecule has 0 amide bonds. The summed E-state index contributed by atoms with van der Waals surface area (Å²) in [5.41, 5.74) is 6.60. The van der Waals surface area contributed by atoms with Gasteiger partial charge in [0.15, 0.2) is 0 Å². The molecule has 1 fully saturated rings. The molecule has 5 rings (SSSR count). The fourth-order valence-electron chi connectivity index (χ4n) is 4.34. The Balaban J connectivity index is 1.46. The summed E-state index contributed by atoms with van der Waals surface area (Å²) in [5.74, 6) is 0.667. The lowest BCUT2D eigenvalue weighted by Crippen LogP contribution is -2.52. The summed E-state index contributed by atoms with van der Waals surface area (Å²) in [6.45, 7) is 8.95. The lowest BCUT2D eigenvalue weighted by atomic mass is 10.1. The molecule has 4 aromatic rings. The highest BCUT2D eigenvalue weighted by molar-refractivity contribution is 7.17. The van der Waals surface area contributed by atoms with E-state index < -0.39 is 0 Å². The van der Waals surface area contributed by atoms with Gasteiger partial charge in [-0.3, -0.25) is 9.78 Å². The van der Waals surface area contributed by atoms with Crippen LogP contribution < -0.4 is 15.4 Å². The number of piperazine rings is 1. The fourth-order valence-corrected chi connectivity index (χ4v) is 5.25. The second kappa shape index (κ2) is 7.85. The molecule has 31 heavy (non-hydrogen) atoms. The summed E-state index contributed by atoms with van der Waals surface area (Å²) in [6, 6.07) is 17.3. The van der Waals surface area contributed by atoms with Gasteiger partial charge in [-0.25, -0.2) is 4.98 Å². The highest BCUT2D eigenvalue weighted by Crippen LogP contribution is 2.32. The molecule has 1 atom stereocenters. The van der Waals surface area contributed by atoms with Crippen molar-refractivity contribution in [2.24, 2.45) is 0 Å². The molecule has 0 spiro atoms. The summed E-state index contributed by atoms with van der Waals surface area (Å²) in [6.07, 6.45) is 0. The Morgan fingerprint density at radius 2 is 1.87 bits per heavy atom. The van der Waals surface area contributed by atoms with Crippen LogP contribution in [-0.4, -0.2) is 35.6 Å². The minimum absolute atomic E-state index is 0.0582. The van der Waals surface area contributed by atoms with Gasteiger partial charge in [0.1, 0.15) is 4.70 Å². The van der Waals surface area contributed by atoms with Gasteiger partial charge in [-0.1, -0.05) is 42.0 Å². The number of H-pyrrole nitrogens is 1. The van der Waals surface area contributed by atoms with Crippen LogP contribution in [0.4, 0.5) is 11.6 Å². The van der Waals surface area contributed by atoms with Crippen molar-refractivity contribution in [3.8, 4) is 11.1 Å². The first-order valence-corrected chi connectivity index (χ1v) is 11.5. The first kappa shape index (κ1) is 19.8.